The molecule has 0 bridgehead atoms. The fourth-order valence-corrected chi connectivity index (χ4v) is 2.45. The van der Waals surface area contributed by atoms with E-state index in [0.717, 1.165) is 24.1 Å². The summed E-state index contributed by atoms with van der Waals surface area (Å²) in [5.74, 6) is 0. The van der Waals surface area contributed by atoms with E-state index in [1.807, 2.05) is 0 Å². The van der Waals surface area contributed by atoms with Crippen LogP contribution < -0.4 is 10.9 Å². The van der Waals surface area contributed by atoms with Gasteiger partial charge in [0.1, 0.15) is 0 Å². The number of aromatic nitrogens is 2. The van der Waals surface area contributed by atoms with Crippen LogP contribution in [0.3, 0.4) is 0 Å². The molecule has 0 aliphatic carbocycles. The monoisotopic (exact) mass is 278 g/mol. The van der Waals surface area contributed by atoms with Crippen molar-refractivity contribution in [1.82, 2.24) is 19.8 Å². The third kappa shape index (κ3) is 2.84. The largest absolute Gasteiger partial charge is 0.335 e. The van der Waals surface area contributed by atoms with Crippen LogP contribution in [0.4, 0.5) is 4.79 Å². The van der Waals surface area contributed by atoms with Crippen LogP contribution >= 0.6 is 0 Å². The Balaban J connectivity index is 2.10. The molecule has 1 N–H and O–H groups in total. The summed E-state index contributed by atoms with van der Waals surface area (Å²) in [5.41, 5.74) is 1.45. The van der Waals surface area contributed by atoms with Gasteiger partial charge in [0.2, 0.25) is 0 Å². The van der Waals surface area contributed by atoms with Crippen molar-refractivity contribution in [3.05, 3.63) is 27.9 Å². The zero-order valence-corrected chi connectivity index (χ0v) is 12.3. The number of carbonyl (C=O) groups excluding carboxylic acids is 1. The summed E-state index contributed by atoms with van der Waals surface area (Å²) in [7, 11) is 1.70. The zero-order chi connectivity index (χ0) is 14.7. The second kappa shape index (κ2) is 6.07. The Bertz CT molecular complexity index is 549. The van der Waals surface area contributed by atoms with E-state index in [-0.39, 0.29) is 17.6 Å². The summed E-state index contributed by atoms with van der Waals surface area (Å²) in [6.07, 6.45) is 3.94. The van der Waals surface area contributed by atoms with Crippen molar-refractivity contribution in [3.8, 4) is 0 Å². The van der Waals surface area contributed by atoms with Gasteiger partial charge in [0.05, 0.1) is 18.6 Å². The molecule has 6 heteroatoms. The first-order chi connectivity index (χ1) is 9.56. The van der Waals surface area contributed by atoms with Crippen molar-refractivity contribution in [3.63, 3.8) is 0 Å². The van der Waals surface area contributed by atoms with Crippen LogP contribution in [-0.2, 0) is 20.0 Å². The van der Waals surface area contributed by atoms with Crippen LogP contribution in [-0.4, -0.2) is 33.1 Å². The van der Waals surface area contributed by atoms with Crippen LogP contribution in [0.1, 0.15) is 37.9 Å². The molecule has 0 fully saturated rings. The number of hydrogen-bond acceptors (Lipinski definition) is 3. The molecule has 2 heterocycles. The summed E-state index contributed by atoms with van der Waals surface area (Å²) in [5, 5.41) is 3.02. The Morgan fingerprint density at radius 2 is 2.15 bits per heavy atom. The lowest BCUT2D eigenvalue weighted by molar-refractivity contribution is 0.186. The molecule has 0 spiro atoms. The fourth-order valence-electron chi connectivity index (χ4n) is 2.45. The van der Waals surface area contributed by atoms with E-state index in [0.29, 0.717) is 19.5 Å². The standard InChI is InChI=1S/C14H22N4O2/c1-4-10(5-2)16-14(20)18-7-6-11-12(8-18)15-9-17(3)13(11)19/h9-10H,4-8H2,1-3H3,(H,16,20). The summed E-state index contributed by atoms with van der Waals surface area (Å²) in [6, 6.07) is 0.146. The Morgan fingerprint density at radius 3 is 2.80 bits per heavy atom. The van der Waals surface area contributed by atoms with Gasteiger partial charge in [0, 0.05) is 25.2 Å². The Hall–Kier alpha value is -1.85. The molecule has 0 unspecified atom stereocenters. The van der Waals surface area contributed by atoms with Crippen molar-refractivity contribution in [2.75, 3.05) is 6.54 Å². The predicted molar refractivity (Wildman–Crippen MR) is 76.5 cm³/mol. The van der Waals surface area contributed by atoms with Gasteiger partial charge in [-0.1, -0.05) is 13.8 Å². The van der Waals surface area contributed by atoms with Gasteiger partial charge in [-0.25, -0.2) is 9.78 Å². The highest BCUT2D eigenvalue weighted by molar-refractivity contribution is 5.74. The third-order valence-corrected chi connectivity index (χ3v) is 3.89. The number of amides is 2. The van der Waals surface area contributed by atoms with E-state index in [9.17, 15) is 9.59 Å². The van der Waals surface area contributed by atoms with Crippen molar-refractivity contribution in [1.29, 1.82) is 0 Å². The second-order valence-corrected chi connectivity index (χ2v) is 5.22. The Kier molecular flexibility index (Phi) is 4.42. The number of urea groups is 1. The van der Waals surface area contributed by atoms with E-state index >= 15 is 0 Å². The van der Waals surface area contributed by atoms with E-state index < -0.39 is 0 Å². The predicted octanol–water partition coefficient (Wildman–Crippen LogP) is 1.04. The third-order valence-electron chi connectivity index (χ3n) is 3.89. The minimum absolute atomic E-state index is 0.00458. The topological polar surface area (TPSA) is 67.2 Å². The Labute approximate surface area is 118 Å². The molecular formula is C14H22N4O2. The lowest BCUT2D eigenvalue weighted by Gasteiger charge is -2.29. The average molecular weight is 278 g/mol. The highest BCUT2D eigenvalue weighted by atomic mass is 16.2. The van der Waals surface area contributed by atoms with Gasteiger partial charge in [-0.2, -0.15) is 0 Å². The number of aryl methyl sites for hydroxylation is 1. The zero-order valence-electron chi connectivity index (χ0n) is 12.3. The first-order valence-corrected chi connectivity index (χ1v) is 7.15. The number of nitrogens with zero attached hydrogens (tertiary/aromatic N) is 3. The van der Waals surface area contributed by atoms with Crippen LogP contribution in [0.2, 0.25) is 0 Å². The molecule has 1 aromatic heterocycles. The number of carbonyl (C=O) groups is 1. The maximum atomic E-state index is 12.2. The number of rotatable bonds is 3. The second-order valence-electron chi connectivity index (χ2n) is 5.22. The van der Waals surface area contributed by atoms with Crippen molar-refractivity contribution in [2.24, 2.45) is 7.05 Å². The summed E-state index contributed by atoms with van der Waals surface area (Å²) < 4.78 is 1.48. The molecule has 110 valence electrons. The van der Waals surface area contributed by atoms with Crippen molar-refractivity contribution in [2.45, 2.75) is 45.7 Å². The van der Waals surface area contributed by atoms with E-state index in [1.54, 1.807) is 11.9 Å². The normalized spacial score (nSPS) is 14.3. The first-order valence-electron chi connectivity index (χ1n) is 7.15. The number of fused-ring (bicyclic) bond motifs is 1. The molecule has 1 aliphatic heterocycles. The first kappa shape index (κ1) is 14.6. The average Bonchev–Trinajstić information content (AvgIpc) is 2.48. The summed E-state index contributed by atoms with van der Waals surface area (Å²) >= 11 is 0. The van der Waals surface area contributed by atoms with Gasteiger partial charge in [0.25, 0.3) is 5.56 Å². The molecule has 0 aromatic carbocycles. The van der Waals surface area contributed by atoms with Gasteiger partial charge >= 0.3 is 6.03 Å². The van der Waals surface area contributed by atoms with Gasteiger partial charge < -0.3 is 14.8 Å². The van der Waals surface area contributed by atoms with Gasteiger partial charge in [-0.3, -0.25) is 4.79 Å². The maximum absolute atomic E-state index is 12.2. The molecule has 0 radical (unpaired) electrons. The molecule has 0 atom stereocenters. The molecule has 20 heavy (non-hydrogen) atoms. The molecular weight excluding hydrogens is 256 g/mol. The SMILES string of the molecule is CCC(CC)NC(=O)N1CCc2c(ncn(C)c2=O)C1. The molecule has 0 saturated heterocycles. The molecule has 6 nitrogen and oxygen atoms in total. The van der Waals surface area contributed by atoms with E-state index in [4.69, 9.17) is 0 Å². The van der Waals surface area contributed by atoms with Crippen LogP contribution in [0.15, 0.2) is 11.1 Å². The van der Waals surface area contributed by atoms with Crippen LogP contribution in [0, 0.1) is 0 Å². The number of nitrogens with one attached hydrogen (secondary N) is 1. The quantitative estimate of drug-likeness (QED) is 0.898. The summed E-state index contributed by atoms with van der Waals surface area (Å²) in [6.45, 7) is 5.10. The van der Waals surface area contributed by atoms with Crippen molar-refractivity contribution >= 4 is 6.03 Å². The van der Waals surface area contributed by atoms with E-state index in [1.165, 1.54) is 10.9 Å². The smallest absolute Gasteiger partial charge is 0.317 e. The fraction of sp³-hybridized carbons (Fsp3) is 0.643. The van der Waals surface area contributed by atoms with Crippen LogP contribution in [0.25, 0.3) is 0 Å². The molecule has 1 aromatic rings. The molecule has 2 amide bonds. The van der Waals surface area contributed by atoms with Gasteiger partial charge in [0.15, 0.2) is 0 Å². The minimum Gasteiger partial charge on any atom is -0.335 e. The van der Waals surface area contributed by atoms with Gasteiger partial charge in [-0.15, -0.1) is 0 Å². The molecule has 2 rings (SSSR count). The minimum atomic E-state index is -0.0631. The Morgan fingerprint density at radius 1 is 1.45 bits per heavy atom. The highest BCUT2D eigenvalue weighted by Gasteiger charge is 2.24. The lowest BCUT2D eigenvalue weighted by atomic mass is 10.1. The van der Waals surface area contributed by atoms with Crippen molar-refractivity contribution < 1.29 is 4.79 Å². The molecule has 0 saturated carbocycles. The number of hydrogen-bond donors (Lipinski definition) is 1. The maximum Gasteiger partial charge on any atom is 0.317 e. The molecule has 1 aliphatic rings. The summed E-state index contributed by atoms with van der Waals surface area (Å²) in [4.78, 5) is 30.2. The highest BCUT2D eigenvalue weighted by Crippen LogP contribution is 2.13. The van der Waals surface area contributed by atoms with Crippen LogP contribution in [0.5, 0.6) is 0 Å². The van der Waals surface area contributed by atoms with Gasteiger partial charge in [-0.05, 0) is 19.3 Å². The lowest BCUT2D eigenvalue weighted by Crippen LogP contribution is -2.47. The van der Waals surface area contributed by atoms with E-state index in [2.05, 4.69) is 24.1 Å².